The molecule has 10 nitrogen and oxygen atoms in total. The van der Waals surface area contributed by atoms with Crippen LogP contribution in [0.25, 0.3) is 5.52 Å². The van der Waals surface area contributed by atoms with E-state index < -0.39 is 0 Å². The number of hydrogen-bond donors (Lipinski definition) is 0. The largest absolute Gasteiger partial charge is 0.497 e. The van der Waals surface area contributed by atoms with Crippen molar-refractivity contribution in [1.29, 1.82) is 0 Å². The van der Waals surface area contributed by atoms with Crippen molar-refractivity contribution in [3.63, 3.8) is 0 Å². The van der Waals surface area contributed by atoms with Gasteiger partial charge in [-0.1, -0.05) is 13.8 Å². The number of fused-ring (bicyclic) bond motifs is 1. The molecule has 2 aliphatic rings. The van der Waals surface area contributed by atoms with Crippen LogP contribution in [0.3, 0.4) is 0 Å². The van der Waals surface area contributed by atoms with Gasteiger partial charge in [-0.05, 0) is 42.7 Å². The standard InChI is InChI=1S/C30H40N6O4/c1-21(2)17-33-13-12-32(18-22(33)3)19-23-8-11-36-26(14-23)27(16-31-36)34-10-9-29(37)35(30(34)38)20-24-6-7-25(39-4)15-28(24)40-5/h6-8,11,14-16,21-22H,9-10,12-13,17-20H2,1-5H3/t22-/m0/s1. The minimum Gasteiger partial charge on any atom is -0.497 e. The molecule has 0 unspecified atom stereocenters. The fourth-order valence-electron chi connectivity index (χ4n) is 5.75. The number of nitrogens with zero attached hydrogens (tertiary/aromatic N) is 6. The highest BCUT2D eigenvalue weighted by molar-refractivity contribution is 6.07. The first-order valence-corrected chi connectivity index (χ1v) is 14.0. The van der Waals surface area contributed by atoms with E-state index in [9.17, 15) is 9.59 Å². The molecule has 40 heavy (non-hydrogen) atoms. The van der Waals surface area contributed by atoms with E-state index in [1.54, 1.807) is 42.0 Å². The van der Waals surface area contributed by atoms with Crippen LogP contribution in [0.1, 0.15) is 38.3 Å². The Labute approximate surface area is 236 Å². The lowest BCUT2D eigenvalue weighted by Gasteiger charge is -2.40. The maximum absolute atomic E-state index is 13.7. The molecule has 214 valence electrons. The molecule has 3 aromatic rings. The number of pyridine rings is 1. The van der Waals surface area contributed by atoms with Gasteiger partial charge in [-0.25, -0.2) is 9.31 Å². The van der Waals surface area contributed by atoms with Gasteiger partial charge in [0, 0.05) is 69.6 Å². The lowest BCUT2D eigenvalue weighted by Crippen LogP contribution is -2.52. The Morgan fingerprint density at radius 2 is 1.85 bits per heavy atom. The van der Waals surface area contributed by atoms with Crippen LogP contribution in [0.15, 0.2) is 42.7 Å². The molecule has 2 fully saturated rings. The van der Waals surface area contributed by atoms with Crippen molar-refractivity contribution in [1.82, 2.24) is 24.3 Å². The predicted molar refractivity (Wildman–Crippen MR) is 154 cm³/mol. The minimum absolute atomic E-state index is 0.118. The molecule has 10 heteroatoms. The zero-order chi connectivity index (χ0) is 28.4. The summed E-state index contributed by atoms with van der Waals surface area (Å²) in [6.07, 6.45) is 3.90. The van der Waals surface area contributed by atoms with Gasteiger partial charge in [0.2, 0.25) is 5.91 Å². The molecule has 5 rings (SSSR count). The summed E-state index contributed by atoms with van der Waals surface area (Å²) in [5, 5.41) is 4.51. The third-order valence-electron chi connectivity index (χ3n) is 7.85. The first kappa shape index (κ1) is 27.9. The number of hydrogen-bond acceptors (Lipinski definition) is 7. The maximum Gasteiger partial charge on any atom is 0.331 e. The first-order valence-electron chi connectivity index (χ1n) is 14.0. The van der Waals surface area contributed by atoms with E-state index in [0.717, 1.165) is 43.8 Å². The summed E-state index contributed by atoms with van der Waals surface area (Å²) in [5.41, 5.74) is 3.48. The SMILES string of the molecule is COc1ccc(CN2C(=O)CCN(c3cnn4ccc(CN5CCN(CC(C)C)[C@@H](C)C5)cc34)C2=O)c(OC)c1. The molecule has 2 aromatic heterocycles. The van der Waals surface area contributed by atoms with Gasteiger partial charge in [-0.3, -0.25) is 24.4 Å². The second kappa shape index (κ2) is 11.9. The van der Waals surface area contributed by atoms with Crippen molar-refractivity contribution in [2.24, 2.45) is 5.92 Å². The van der Waals surface area contributed by atoms with E-state index in [0.29, 0.717) is 35.7 Å². The average molecular weight is 549 g/mol. The van der Waals surface area contributed by atoms with Gasteiger partial charge in [0.15, 0.2) is 0 Å². The van der Waals surface area contributed by atoms with Crippen molar-refractivity contribution in [3.05, 3.63) is 53.9 Å². The Bertz CT molecular complexity index is 1370. The van der Waals surface area contributed by atoms with Crippen LogP contribution in [-0.2, 0) is 17.9 Å². The molecule has 1 atom stereocenters. The van der Waals surface area contributed by atoms with Crippen LogP contribution < -0.4 is 14.4 Å². The molecule has 0 saturated carbocycles. The van der Waals surface area contributed by atoms with E-state index in [-0.39, 0.29) is 24.9 Å². The van der Waals surface area contributed by atoms with Crippen LogP contribution >= 0.6 is 0 Å². The molecule has 2 saturated heterocycles. The Morgan fingerprint density at radius 1 is 1.02 bits per heavy atom. The number of carbonyl (C=O) groups excluding carboxylic acids is 2. The molecule has 0 bridgehead atoms. The molecule has 0 N–H and O–H groups in total. The second-order valence-corrected chi connectivity index (χ2v) is 11.2. The third kappa shape index (κ3) is 5.78. The zero-order valence-electron chi connectivity index (χ0n) is 24.2. The lowest BCUT2D eigenvalue weighted by molar-refractivity contribution is -0.129. The number of benzene rings is 1. The van der Waals surface area contributed by atoms with Gasteiger partial charge in [0.1, 0.15) is 11.5 Å². The van der Waals surface area contributed by atoms with Crippen LogP contribution in [-0.4, -0.2) is 89.2 Å². The molecular formula is C30H40N6O4. The normalized spacial score (nSPS) is 19.2. The Morgan fingerprint density at radius 3 is 2.58 bits per heavy atom. The third-order valence-corrected chi connectivity index (χ3v) is 7.85. The van der Waals surface area contributed by atoms with Gasteiger partial charge in [0.05, 0.1) is 38.2 Å². The van der Waals surface area contributed by atoms with Gasteiger partial charge in [-0.2, -0.15) is 5.10 Å². The summed E-state index contributed by atoms with van der Waals surface area (Å²) < 4.78 is 12.6. The quantitative estimate of drug-likeness (QED) is 0.402. The van der Waals surface area contributed by atoms with Gasteiger partial charge in [0.25, 0.3) is 0 Å². The number of carbonyl (C=O) groups is 2. The van der Waals surface area contributed by atoms with E-state index in [2.05, 4.69) is 47.8 Å². The summed E-state index contributed by atoms with van der Waals surface area (Å²) in [6, 6.07) is 9.75. The molecule has 0 radical (unpaired) electrons. The molecule has 0 spiro atoms. The number of amides is 3. The van der Waals surface area contributed by atoms with Crippen LogP contribution in [0.5, 0.6) is 11.5 Å². The average Bonchev–Trinajstić information content (AvgIpc) is 3.35. The number of urea groups is 1. The Balaban J connectivity index is 1.33. The van der Waals surface area contributed by atoms with E-state index >= 15 is 0 Å². The fraction of sp³-hybridized carbons (Fsp3) is 0.500. The number of imide groups is 1. The number of methoxy groups -OCH3 is 2. The molecule has 3 amide bonds. The Hall–Kier alpha value is -3.63. The van der Waals surface area contributed by atoms with Crippen molar-refractivity contribution in [2.45, 2.75) is 46.3 Å². The number of piperazine rings is 1. The topological polar surface area (TPSA) is 82.9 Å². The van der Waals surface area contributed by atoms with Crippen LogP contribution in [0, 0.1) is 5.92 Å². The molecule has 4 heterocycles. The molecule has 1 aromatic carbocycles. The van der Waals surface area contributed by atoms with Crippen molar-refractivity contribution < 1.29 is 19.1 Å². The highest BCUT2D eigenvalue weighted by Crippen LogP contribution is 2.30. The molecule has 2 aliphatic heterocycles. The van der Waals surface area contributed by atoms with Crippen molar-refractivity contribution in [3.8, 4) is 11.5 Å². The van der Waals surface area contributed by atoms with Crippen LogP contribution in [0.4, 0.5) is 10.5 Å². The number of anilines is 1. The maximum atomic E-state index is 13.7. The summed E-state index contributed by atoms with van der Waals surface area (Å²) in [6.45, 7) is 12.4. The number of rotatable bonds is 9. The minimum atomic E-state index is -0.357. The van der Waals surface area contributed by atoms with Crippen molar-refractivity contribution in [2.75, 3.05) is 51.8 Å². The van der Waals surface area contributed by atoms with E-state index in [1.807, 2.05) is 12.3 Å². The van der Waals surface area contributed by atoms with Gasteiger partial charge >= 0.3 is 6.03 Å². The molecule has 0 aliphatic carbocycles. The highest BCUT2D eigenvalue weighted by atomic mass is 16.5. The van der Waals surface area contributed by atoms with E-state index in [4.69, 9.17) is 9.47 Å². The monoisotopic (exact) mass is 548 g/mol. The smallest absolute Gasteiger partial charge is 0.331 e. The van der Waals surface area contributed by atoms with Gasteiger partial charge in [-0.15, -0.1) is 0 Å². The molecular weight excluding hydrogens is 508 g/mol. The van der Waals surface area contributed by atoms with Crippen molar-refractivity contribution >= 4 is 23.1 Å². The Kier molecular flexibility index (Phi) is 8.27. The zero-order valence-corrected chi connectivity index (χ0v) is 24.2. The predicted octanol–water partition coefficient (Wildman–Crippen LogP) is 3.87. The number of aromatic nitrogens is 2. The summed E-state index contributed by atoms with van der Waals surface area (Å²) in [5.74, 6) is 1.67. The first-order chi connectivity index (χ1) is 19.3. The van der Waals surface area contributed by atoms with Gasteiger partial charge < -0.3 is 9.47 Å². The fourth-order valence-corrected chi connectivity index (χ4v) is 5.75. The summed E-state index contributed by atoms with van der Waals surface area (Å²) in [4.78, 5) is 34.6. The lowest BCUT2D eigenvalue weighted by atomic mass is 10.1. The highest BCUT2D eigenvalue weighted by Gasteiger charge is 2.35. The van der Waals surface area contributed by atoms with Crippen LogP contribution in [0.2, 0.25) is 0 Å². The van der Waals surface area contributed by atoms with E-state index in [1.165, 1.54) is 10.5 Å². The second-order valence-electron chi connectivity index (χ2n) is 11.2. The summed E-state index contributed by atoms with van der Waals surface area (Å²) >= 11 is 0. The number of ether oxygens (including phenoxy) is 2. The summed E-state index contributed by atoms with van der Waals surface area (Å²) in [7, 11) is 3.15.